The van der Waals surface area contributed by atoms with Gasteiger partial charge in [0, 0.05) is 32.2 Å². The van der Waals surface area contributed by atoms with E-state index in [1.54, 1.807) is 4.31 Å². The molecule has 1 aliphatic heterocycles. The first-order chi connectivity index (χ1) is 8.04. The second-order valence-corrected chi connectivity index (χ2v) is 7.42. The van der Waals surface area contributed by atoms with Crippen LogP contribution in [0.5, 0.6) is 0 Å². The largest absolute Gasteiger partial charge is 0.298 e. The minimum Gasteiger partial charge on any atom is -0.298 e. The molecular weight excluding hydrogens is 236 g/mol. The molecule has 17 heavy (non-hydrogen) atoms. The molecule has 0 N–H and O–H groups in total. The molecule has 4 nitrogen and oxygen atoms in total. The van der Waals surface area contributed by atoms with Crippen LogP contribution >= 0.6 is 0 Å². The van der Waals surface area contributed by atoms with Crippen molar-refractivity contribution in [2.75, 3.05) is 31.9 Å². The number of rotatable bonds is 5. The molecule has 2 aliphatic rings. The predicted molar refractivity (Wildman–Crippen MR) is 69.4 cm³/mol. The highest BCUT2D eigenvalue weighted by Gasteiger charge is 2.34. The molecule has 1 saturated heterocycles. The summed E-state index contributed by atoms with van der Waals surface area (Å²) in [4.78, 5) is 2.45. The van der Waals surface area contributed by atoms with E-state index in [0.717, 1.165) is 19.0 Å². The van der Waals surface area contributed by atoms with Crippen molar-refractivity contribution in [1.82, 2.24) is 9.21 Å². The fourth-order valence-corrected chi connectivity index (χ4v) is 4.15. The van der Waals surface area contributed by atoms with Crippen LogP contribution in [0.1, 0.15) is 33.1 Å². The summed E-state index contributed by atoms with van der Waals surface area (Å²) >= 11 is 0. The van der Waals surface area contributed by atoms with E-state index in [4.69, 9.17) is 0 Å². The van der Waals surface area contributed by atoms with Gasteiger partial charge in [-0.3, -0.25) is 4.90 Å². The molecule has 2 fully saturated rings. The van der Waals surface area contributed by atoms with Gasteiger partial charge in [-0.05, 0) is 32.1 Å². The van der Waals surface area contributed by atoms with Gasteiger partial charge in [0.1, 0.15) is 0 Å². The zero-order chi connectivity index (χ0) is 12.5. The van der Waals surface area contributed by atoms with E-state index in [9.17, 15) is 8.42 Å². The summed E-state index contributed by atoms with van der Waals surface area (Å²) in [5, 5.41) is 0. The Morgan fingerprint density at radius 1 is 1.18 bits per heavy atom. The molecular formula is C12H24N2O2S. The highest BCUT2D eigenvalue weighted by molar-refractivity contribution is 7.89. The summed E-state index contributed by atoms with van der Waals surface area (Å²) in [7, 11) is -2.98. The van der Waals surface area contributed by atoms with Gasteiger partial charge >= 0.3 is 0 Å². The average Bonchev–Trinajstić information content (AvgIpc) is 3.12. The van der Waals surface area contributed by atoms with Gasteiger partial charge in [0.25, 0.3) is 0 Å². The quantitative estimate of drug-likeness (QED) is 0.744. The van der Waals surface area contributed by atoms with Crippen LogP contribution in [-0.4, -0.2) is 55.6 Å². The van der Waals surface area contributed by atoms with E-state index in [0.29, 0.717) is 31.3 Å². The van der Waals surface area contributed by atoms with Gasteiger partial charge in [0.15, 0.2) is 0 Å². The third kappa shape index (κ3) is 3.20. The number of hydrogen-bond acceptors (Lipinski definition) is 3. The molecule has 1 unspecified atom stereocenters. The molecule has 0 aromatic heterocycles. The van der Waals surface area contributed by atoms with Crippen LogP contribution in [0.25, 0.3) is 0 Å². The number of sulfonamides is 1. The Labute approximate surface area is 105 Å². The Morgan fingerprint density at radius 2 is 1.76 bits per heavy atom. The maximum Gasteiger partial charge on any atom is 0.214 e. The zero-order valence-corrected chi connectivity index (χ0v) is 11.7. The lowest BCUT2D eigenvalue weighted by Crippen LogP contribution is -2.52. The topological polar surface area (TPSA) is 40.6 Å². The molecule has 1 saturated carbocycles. The lowest BCUT2D eigenvalue weighted by atomic mass is 10.1. The van der Waals surface area contributed by atoms with Gasteiger partial charge in [-0.25, -0.2) is 8.42 Å². The van der Waals surface area contributed by atoms with Crippen LogP contribution < -0.4 is 0 Å². The van der Waals surface area contributed by atoms with E-state index < -0.39 is 10.0 Å². The number of nitrogens with zero attached hydrogens (tertiary/aromatic N) is 2. The van der Waals surface area contributed by atoms with Crippen LogP contribution in [0.2, 0.25) is 0 Å². The molecule has 1 aliphatic carbocycles. The average molecular weight is 260 g/mol. The van der Waals surface area contributed by atoms with Crippen molar-refractivity contribution in [1.29, 1.82) is 0 Å². The monoisotopic (exact) mass is 260 g/mol. The molecule has 0 bridgehead atoms. The van der Waals surface area contributed by atoms with Crippen molar-refractivity contribution in [3.63, 3.8) is 0 Å². The van der Waals surface area contributed by atoms with Gasteiger partial charge < -0.3 is 0 Å². The minimum absolute atomic E-state index is 0.297. The van der Waals surface area contributed by atoms with E-state index in [2.05, 4.69) is 11.8 Å². The van der Waals surface area contributed by atoms with Gasteiger partial charge in [0.2, 0.25) is 10.0 Å². The fraction of sp³-hybridized carbons (Fsp3) is 1.00. The first-order valence-electron chi connectivity index (χ1n) is 6.76. The van der Waals surface area contributed by atoms with Crippen LogP contribution in [-0.2, 0) is 10.0 Å². The summed E-state index contributed by atoms with van der Waals surface area (Å²) in [6.45, 7) is 7.37. The van der Waals surface area contributed by atoms with Crippen molar-refractivity contribution in [2.45, 2.75) is 39.2 Å². The van der Waals surface area contributed by atoms with Crippen molar-refractivity contribution in [3.8, 4) is 0 Å². The Balaban J connectivity index is 1.85. The SMILES string of the molecule is CCCS(=O)(=O)N1CCN(C(C)C2CC2)CC1. The first kappa shape index (κ1) is 13.3. The molecule has 1 atom stereocenters. The zero-order valence-electron chi connectivity index (χ0n) is 10.9. The summed E-state index contributed by atoms with van der Waals surface area (Å²) < 4.78 is 25.5. The fourth-order valence-electron chi connectivity index (χ4n) is 2.65. The second kappa shape index (κ2) is 5.24. The van der Waals surface area contributed by atoms with Crippen molar-refractivity contribution < 1.29 is 8.42 Å². The third-order valence-corrected chi connectivity index (χ3v) is 6.08. The third-order valence-electron chi connectivity index (χ3n) is 4.01. The normalized spacial score (nSPS) is 26.0. The molecule has 0 aromatic rings. The minimum atomic E-state index is -2.98. The van der Waals surface area contributed by atoms with E-state index in [1.165, 1.54) is 12.8 Å². The van der Waals surface area contributed by atoms with Gasteiger partial charge in [0.05, 0.1) is 5.75 Å². The van der Waals surface area contributed by atoms with Crippen LogP contribution in [0.4, 0.5) is 0 Å². The van der Waals surface area contributed by atoms with Crippen LogP contribution in [0.3, 0.4) is 0 Å². The number of hydrogen-bond donors (Lipinski definition) is 0. The van der Waals surface area contributed by atoms with Gasteiger partial charge in [-0.1, -0.05) is 6.92 Å². The molecule has 0 spiro atoms. The van der Waals surface area contributed by atoms with Crippen molar-refractivity contribution in [2.24, 2.45) is 5.92 Å². The Kier molecular flexibility index (Phi) is 4.10. The van der Waals surface area contributed by atoms with Crippen LogP contribution in [0.15, 0.2) is 0 Å². The smallest absolute Gasteiger partial charge is 0.214 e. The summed E-state index contributed by atoms with van der Waals surface area (Å²) in [5.41, 5.74) is 0. The van der Waals surface area contributed by atoms with E-state index in [-0.39, 0.29) is 0 Å². The van der Waals surface area contributed by atoms with Crippen molar-refractivity contribution in [3.05, 3.63) is 0 Å². The lowest BCUT2D eigenvalue weighted by molar-refractivity contribution is 0.133. The molecule has 2 rings (SSSR count). The standard InChI is InChI=1S/C12H24N2O2S/c1-3-10-17(15,16)14-8-6-13(7-9-14)11(2)12-4-5-12/h11-12H,3-10H2,1-2H3. The van der Waals surface area contributed by atoms with Crippen LogP contribution in [0, 0.1) is 5.92 Å². The van der Waals surface area contributed by atoms with Crippen molar-refractivity contribution >= 4 is 10.0 Å². The Hall–Kier alpha value is -0.130. The Bertz CT molecular complexity index is 344. The number of piperazine rings is 1. The summed E-state index contributed by atoms with van der Waals surface area (Å²) in [6.07, 6.45) is 3.42. The summed E-state index contributed by atoms with van der Waals surface area (Å²) in [5.74, 6) is 1.17. The molecule has 0 radical (unpaired) electrons. The van der Waals surface area contributed by atoms with E-state index >= 15 is 0 Å². The Morgan fingerprint density at radius 3 is 2.24 bits per heavy atom. The lowest BCUT2D eigenvalue weighted by Gasteiger charge is -2.37. The summed E-state index contributed by atoms with van der Waals surface area (Å²) in [6, 6.07) is 0.644. The second-order valence-electron chi connectivity index (χ2n) is 5.33. The molecule has 0 aromatic carbocycles. The molecule has 100 valence electrons. The first-order valence-corrected chi connectivity index (χ1v) is 8.37. The molecule has 1 heterocycles. The van der Waals surface area contributed by atoms with E-state index in [1.807, 2.05) is 6.92 Å². The maximum absolute atomic E-state index is 11.9. The maximum atomic E-state index is 11.9. The highest BCUT2D eigenvalue weighted by atomic mass is 32.2. The highest BCUT2D eigenvalue weighted by Crippen LogP contribution is 2.35. The van der Waals surface area contributed by atoms with Gasteiger partial charge in [-0.15, -0.1) is 0 Å². The molecule has 0 amide bonds. The van der Waals surface area contributed by atoms with Gasteiger partial charge in [-0.2, -0.15) is 4.31 Å². The predicted octanol–water partition coefficient (Wildman–Crippen LogP) is 1.14. The molecule has 5 heteroatoms.